The fraction of sp³-hybridized carbons (Fsp3) is 0.148. The minimum Gasteiger partial charge on any atom is -0.505 e. The van der Waals surface area contributed by atoms with Crippen LogP contribution in [-0.4, -0.2) is 30.6 Å². The first-order chi connectivity index (χ1) is 18.1. The zero-order chi connectivity index (χ0) is 27.4. The van der Waals surface area contributed by atoms with E-state index in [1.807, 2.05) is 6.92 Å². The SMILES string of the molecule is CCOc1ccccc1NC(=O)c1cc2ccccc2c(N=Nc2cc(S(=O)(=O)O)cc(Cl)c2CC)c1O. The van der Waals surface area contributed by atoms with E-state index in [4.69, 9.17) is 16.3 Å². The number of nitrogens with one attached hydrogen (secondary N) is 1. The highest BCUT2D eigenvalue weighted by Crippen LogP contribution is 2.41. The Kier molecular flexibility index (Phi) is 7.96. The lowest BCUT2D eigenvalue weighted by Gasteiger charge is -2.14. The molecule has 4 aromatic rings. The van der Waals surface area contributed by atoms with Crippen LogP contribution in [0.3, 0.4) is 0 Å². The summed E-state index contributed by atoms with van der Waals surface area (Å²) in [7, 11) is -4.55. The molecule has 11 heteroatoms. The topological polar surface area (TPSA) is 138 Å². The quantitative estimate of drug-likeness (QED) is 0.157. The molecule has 9 nitrogen and oxygen atoms in total. The third-order valence-electron chi connectivity index (χ3n) is 5.73. The first-order valence-corrected chi connectivity index (χ1v) is 13.4. The van der Waals surface area contributed by atoms with Crippen molar-refractivity contribution in [3.8, 4) is 11.5 Å². The maximum absolute atomic E-state index is 13.3. The zero-order valence-corrected chi connectivity index (χ0v) is 22.0. The molecule has 4 rings (SSSR count). The number of hydrogen-bond acceptors (Lipinski definition) is 7. The molecule has 0 bridgehead atoms. The van der Waals surface area contributed by atoms with Gasteiger partial charge in [0.15, 0.2) is 5.75 Å². The molecule has 0 unspecified atom stereocenters. The molecule has 0 aromatic heterocycles. The van der Waals surface area contributed by atoms with Gasteiger partial charge in [0, 0.05) is 10.4 Å². The highest BCUT2D eigenvalue weighted by molar-refractivity contribution is 7.85. The van der Waals surface area contributed by atoms with Gasteiger partial charge in [0.25, 0.3) is 16.0 Å². The average Bonchev–Trinajstić information content (AvgIpc) is 2.88. The smallest absolute Gasteiger partial charge is 0.294 e. The van der Waals surface area contributed by atoms with Crippen LogP contribution in [0.1, 0.15) is 29.8 Å². The van der Waals surface area contributed by atoms with Crippen molar-refractivity contribution in [2.75, 3.05) is 11.9 Å². The molecular formula is C27H24ClN3O6S. The summed E-state index contributed by atoms with van der Waals surface area (Å²) in [4.78, 5) is 12.8. The Balaban J connectivity index is 1.83. The number of para-hydroxylation sites is 2. The summed E-state index contributed by atoms with van der Waals surface area (Å²) in [5, 5.41) is 23.5. The molecule has 0 spiro atoms. The summed E-state index contributed by atoms with van der Waals surface area (Å²) in [5.41, 5.74) is 0.968. The van der Waals surface area contributed by atoms with Gasteiger partial charge in [0.2, 0.25) is 0 Å². The first-order valence-electron chi connectivity index (χ1n) is 11.6. The van der Waals surface area contributed by atoms with Crippen molar-refractivity contribution in [3.63, 3.8) is 0 Å². The molecule has 0 radical (unpaired) electrons. The molecule has 196 valence electrons. The summed E-state index contributed by atoms with van der Waals surface area (Å²) in [6.07, 6.45) is 0.396. The van der Waals surface area contributed by atoms with Crippen LogP contribution in [0.5, 0.6) is 11.5 Å². The van der Waals surface area contributed by atoms with Gasteiger partial charge < -0.3 is 15.2 Å². The monoisotopic (exact) mass is 553 g/mol. The number of rotatable bonds is 8. The number of hydrogen-bond donors (Lipinski definition) is 3. The van der Waals surface area contributed by atoms with Gasteiger partial charge in [-0.25, -0.2) is 0 Å². The number of nitrogens with zero attached hydrogens (tertiary/aromatic N) is 2. The Morgan fingerprint density at radius 2 is 1.74 bits per heavy atom. The van der Waals surface area contributed by atoms with Crippen molar-refractivity contribution in [1.29, 1.82) is 0 Å². The van der Waals surface area contributed by atoms with Crippen LogP contribution >= 0.6 is 11.6 Å². The molecule has 38 heavy (non-hydrogen) atoms. The maximum Gasteiger partial charge on any atom is 0.294 e. The van der Waals surface area contributed by atoms with Gasteiger partial charge in [0.1, 0.15) is 11.4 Å². The van der Waals surface area contributed by atoms with E-state index in [0.717, 1.165) is 12.1 Å². The van der Waals surface area contributed by atoms with E-state index in [0.29, 0.717) is 40.8 Å². The number of phenolic OH excluding ortho intramolecular Hbond substituents is 1. The van der Waals surface area contributed by atoms with E-state index in [1.165, 1.54) is 6.07 Å². The normalized spacial score (nSPS) is 11.7. The molecule has 0 aliphatic heterocycles. The van der Waals surface area contributed by atoms with Crippen molar-refractivity contribution in [2.45, 2.75) is 25.2 Å². The lowest BCUT2D eigenvalue weighted by Crippen LogP contribution is -2.13. The molecule has 0 fully saturated rings. The molecular weight excluding hydrogens is 530 g/mol. The van der Waals surface area contributed by atoms with Crippen LogP contribution in [0.2, 0.25) is 5.02 Å². The van der Waals surface area contributed by atoms with E-state index in [2.05, 4.69) is 15.5 Å². The van der Waals surface area contributed by atoms with Gasteiger partial charge >= 0.3 is 0 Å². The second-order valence-electron chi connectivity index (χ2n) is 8.16. The summed E-state index contributed by atoms with van der Waals surface area (Å²) in [6, 6.07) is 17.7. The van der Waals surface area contributed by atoms with Gasteiger partial charge in [-0.1, -0.05) is 54.9 Å². The first kappa shape index (κ1) is 27.1. The third-order valence-corrected chi connectivity index (χ3v) is 6.90. The van der Waals surface area contributed by atoms with Crippen LogP contribution in [0.25, 0.3) is 10.8 Å². The number of halogens is 1. The summed E-state index contributed by atoms with van der Waals surface area (Å²) < 4.78 is 38.5. The summed E-state index contributed by atoms with van der Waals surface area (Å²) in [5.74, 6) is -0.539. The Hall–Kier alpha value is -3.99. The Morgan fingerprint density at radius 1 is 1.03 bits per heavy atom. The molecule has 0 aliphatic rings. The highest BCUT2D eigenvalue weighted by Gasteiger charge is 2.20. The summed E-state index contributed by atoms with van der Waals surface area (Å²) in [6.45, 7) is 4.03. The number of azo groups is 1. The van der Waals surface area contributed by atoms with Crippen LogP contribution in [-0.2, 0) is 16.5 Å². The number of ether oxygens (including phenoxy) is 1. The molecule has 0 atom stereocenters. The van der Waals surface area contributed by atoms with E-state index in [9.17, 15) is 22.9 Å². The van der Waals surface area contributed by atoms with Crippen molar-refractivity contribution < 1.29 is 27.6 Å². The van der Waals surface area contributed by atoms with Gasteiger partial charge in [-0.05, 0) is 54.6 Å². The largest absolute Gasteiger partial charge is 0.505 e. The zero-order valence-electron chi connectivity index (χ0n) is 20.5. The minimum absolute atomic E-state index is 0.00165. The highest BCUT2D eigenvalue weighted by atomic mass is 35.5. The average molecular weight is 554 g/mol. The number of amides is 1. The van der Waals surface area contributed by atoms with E-state index in [1.54, 1.807) is 55.5 Å². The fourth-order valence-electron chi connectivity index (χ4n) is 3.92. The van der Waals surface area contributed by atoms with Crippen molar-refractivity contribution in [1.82, 2.24) is 0 Å². The van der Waals surface area contributed by atoms with Crippen LogP contribution < -0.4 is 10.1 Å². The number of fused-ring (bicyclic) bond motifs is 1. The predicted octanol–water partition coefficient (Wildman–Crippen LogP) is 7.07. The molecule has 0 saturated carbocycles. The molecule has 0 saturated heterocycles. The number of carbonyl (C=O) groups is 1. The Bertz CT molecular complexity index is 1670. The van der Waals surface area contributed by atoms with Gasteiger partial charge in [-0.15, -0.1) is 5.11 Å². The molecule has 3 N–H and O–H groups in total. The van der Waals surface area contributed by atoms with Crippen molar-refractivity contribution in [3.05, 3.63) is 82.9 Å². The standard InChI is InChI=1S/C27H24ClN3O6S/c1-3-18-21(28)14-17(38(34,35)36)15-23(18)30-31-25-19-10-6-5-9-16(19)13-20(26(25)32)27(33)29-22-11-7-8-12-24(22)37-4-2/h5-15,32H,3-4H2,1-2H3,(H,29,33)(H,34,35,36). The lowest BCUT2D eigenvalue weighted by molar-refractivity contribution is 0.102. The van der Waals surface area contributed by atoms with Gasteiger partial charge in [-0.3, -0.25) is 9.35 Å². The fourth-order valence-corrected chi connectivity index (χ4v) is 4.86. The third kappa shape index (κ3) is 5.62. The molecule has 4 aromatic carbocycles. The van der Waals surface area contributed by atoms with Crippen molar-refractivity contribution in [2.24, 2.45) is 10.2 Å². The Labute approximate surface area is 224 Å². The van der Waals surface area contributed by atoms with E-state index in [-0.39, 0.29) is 22.0 Å². The minimum atomic E-state index is -4.55. The molecule has 0 heterocycles. The number of aromatic hydroxyl groups is 1. The van der Waals surface area contributed by atoms with Crippen LogP contribution in [0.4, 0.5) is 17.1 Å². The maximum atomic E-state index is 13.3. The van der Waals surface area contributed by atoms with Crippen molar-refractivity contribution >= 4 is 55.5 Å². The predicted molar refractivity (Wildman–Crippen MR) is 146 cm³/mol. The van der Waals surface area contributed by atoms with Gasteiger partial charge in [0.05, 0.1) is 28.4 Å². The summed E-state index contributed by atoms with van der Waals surface area (Å²) >= 11 is 6.24. The Morgan fingerprint density at radius 3 is 2.45 bits per heavy atom. The molecule has 0 aliphatic carbocycles. The second kappa shape index (κ2) is 11.2. The molecule has 1 amide bonds. The van der Waals surface area contributed by atoms with E-state index < -0.39 is 26.7 Å². The van der Waals surface area contributed by atoms with Crippen LogP contribution in [0.15, 0.2) is 81.9 Å². The van der Waals surface area contributed by atoms with E-state index >= 15 is 0 Å². The number of carbonyl (C=O) groups excluding carboxylic acids is 1. The number of phenols is 1. The van der Waals surface area contributed by atoms with Gasteiger partial charge in [-0.2, -0.15) is 13.5 Å². The second-order valence-corrected chi connectivity index (χ2v) is 9.99. The number of benzene rings is 4. The van der Waals surface area contributed by atoms with Crippen LogP contribution in [0, 0.1) is 0 Å². The number of anilines is 1. The lowest BCUT2D eigenvalue weighted by atomic mass is 10.0.